The van der Waals surface area contributed by atoms with Gasteiger partial charge in [0.15, 0.2) is 13.6 Å². The molecule has 0 N–H and O–H groups in total. The molecule has 0 heterocycles. The van der Waals surface area contributed by atoms with Crippen molar-refractivity contribution >= 4 is 0 Å². The van der Waals surface area contributed by atoms with Gasteiger partial charge in [0, 0.05) is 0 Å². The minimum absolute atomic E-state index is 0.167. The van der Waals surface area contributed by atoms with E-state index < -0.39 is 0 Å². The van der Waals surface area contributed by atoms with E-state index in [0.717, 1.165) is 11.5 Å². The maximum absolute atomic E-state index is 5.41. The van der Waals surface area contributed by atoms with Crippen LogP contribution in [0.2, 0.25) is 0 Å². The van der Waals surface area contributed by atoms with Crippen LogP contribution in [0.25, 0.3) is 0 Å². The van der Waals surface area contributed by atoms with Gasteiger partial charge in [0.1, 0.15) is 11.5 Å². The summed E-state index contributed by atoms with van der Waals surface area (Å²) in [5, 5.41) is 0. The Kier molecular flexibility index (Phi) is 6.54. The van der Waals surface area contributed by atoms with Crippen LogP contribution < -0.4 is 9.47 Å². The summed E-state index contributed by atoms with van der Waals surface area (Å²) in [6.07, 6.45) is 0.335. The SMILES string of the molecule is CC(C)OCOc1ccc(OCOC(C)C)cc1. The summed E-state index contributed by atoms with van der Waals surface area (Å²) < 4.78 is 21.4. The molecular weight excluding hydrogens is 232 g/mol. The normalized spacial score (nSPS) is 11.0. The van der Waals surface area contributed by atoms with Crippen LogP contribution in [-0.4, -0.2) is 25.8 Å². The Bertz CT molecular complexity index is 286. The fraction of sp³-hybridized carbons (Fsp3) is 0.571. The van der Waals surface area contributed by atoms with Gasteiger partial charge in [-0.25, -0.2) is 0 Å². The van der Waals surface area contributed by atoms with Crippen molar-refractivity contribution in [3.8, 4) is 11.5 Å². The van der Waals surface area contributed by atoms with Gasteiger partial charge in [-0.15, -0.1) is 0 Å². The number of benzene rings is 1. The zero-order chi connectivity index (χ0) is 13.4. The van der Waals surface area contributed by atoms with Gasteiger partial charge in [-0.2, -0.15) is 0 Å². The fourth-order valence-corrected chi connectivity index (χ4v) is 1.11. The molecule has 0 amide bonds. The third kappa shape index (κ3) is 6.47. The molecule has 0 unspecified atom stereocenters. The molecule has 0 fully saturated rings. The standard InChI is InChI=1S/C14H22O4/c1-11(2)15-9-17-13-5-7-14(8-6-13)18-10-16-12(3)4/h5-8,11-12H,9-10H2,1-4H3. The number of rotatable bonds is 8. The van der Waals surface area contributed by atoms with Crippen LogP contribution in [0.5, 0.6) is 11.5 Å². The van der Waals surface area contributed by atoms with Gasteiger partial charge >= 0.3 is 0 Å². The first-order chi connectivity index (χ1) is 8.58. The Hall–Kier alpha value is -1.26. The third-order valence-electron chi connectivity index (χ3n) is 2.08. The molecule has 0 atom stereocenters. The van der Waals surface area contributed by atoms with Crippen molar-refractivity contribution in [2.75, 3.05) is 13.6 Å². The minimum atomic E-state index is 0.167. The minimum Gasteiger partial charge on any atom is -0.468 e. The average Bonchev–Trinajstić information content (AvgIpc) is 2.30. The van der Waals surface area contributed by atoms with Crippen LogP contribution in [0.3, 0.4) is 0 Å². The Balaban J connectivity index is 2.28. The maximum atomic E-state index is 5.41. The highest BCUT2D eigenvalue weighted by molar-refractivity contribution is 5.31. The van der Waals surface area contributed by atoms with E-state index in [4.69, 9.17) is 18.9 Å². The molecular formula is C14H22O4. The lowest BCUT2D eigenvalue weighted by molar-refractivity contribution is -0.0219. The molecule has 0 aliphatic rings. The number of hydrogen-bond donors (Lipinski definition) is 0. The third-order valence-corrected chi connectivity index (χ3v) is 2.08. The molecule has 18 heavy (non-hydrogen) atoms. The summed E-state index contributed by atoms with van der Waals surface area (Å²) in [5.74, 6) is 1.51. The Morgan fingerprint density at radius 3 is 1.33 bits per heavy atom. The van der Waals surface area contributed by atoms with E-state index in [0.29, 0.717) is 0 Å². The van der Waals surface area contributed by atoms with Crippen LogP contribution in [0.1, 0.15) is 27.7 Å². The molecule has 0 aliphatic carbocycles. The summed E-state index contributed by atoms with van der Waals surface area (Å²) in [7, 11) is 0. The zero-order valence-electron chi connectivity index (χ0n) is 11.5. The summed E-state index contributed by atoms with van der Waals surface area (Å²) in [4.78, 5) is 0. The van der Waals surface area contributed by atoms with Gasteiger partial charge in [-0.05, 0) is 52.0 Å². The predicted molar refractivity (Wildman–Crippen MR) is 69.9 cm³/mol. The van der Waals surface area contributed by atoms with E-state index in [-0.39, 0.29) is 25.8 Å². The van der Waals surface area contributed by atoms with E-state index >= 15 is 0 Å². The van der Waals surface area contributed by atoms with Crippen LogP contribution in [0, 0.1) is 0 Å². The Morgan fingerprint density at radius 2 is 1.06 bits per heavy atom. The number of hydrogen-bond acceptors (Lipinski definition) is 4. The molecule has 1 aromatic carbocycles. The fourth-order valence-electron chi connectivity index (χ4n) is 1.11. The molecule has 0 radical (unpaired) electrons. The van der Waals surface area contributed by atoms with E-state index in [1.807, 2.05) is 52.0 Å². The maximum Gasteiger partial charge on any atom is 0.189 e. The quantitative estimate of drug-likeness (QED) is 0.667. The molecule has 0 aromatic heterocycles. The monoisotopic (exact) mass is 254 g/mol. The van der Waals surface area contributed by atoms with E-state index in [1.54, 1.807) is 0 Å². The van der Waals surface area contributed by atoms with Gasteiger partial charge in [0.25, 0.3) is 0 Å². The zero-order valence-corrected chi connectivity index (χ0v) is 11.5. The van der Waals surface area contributed by atoms with Crippen LogP contribution in [0.4, 0.5) is 0 Å². The van der Waals surface area contributed by atoms with E-state index in [2.05, 4.69) is 0 Å². The second-order valence-corrected chi connectivity index (χ2v) is 4.43. The highest BCUT2D eigenvalue weighted by atomic mass is 16.7. The van der Waals surface area contributed by atoms with Gasteiger partial charge in [0.05, 0.1) is 12.2 Å². The predicted octanol–water partition coefficient (Wildman–Crippen LogP) is 3.21. The van der Waals surface area contributed by atoms with Gasteiger partial charge in [0.2, 0.25) is 0 Å². The molecule has 0 aliphatic heterocycles. The van der Waals surface area contributed by atoms with Gasteiger partial charge in [-0.3, -0.25) is 0 Å². The Morgan fingerprint density at radius 1 is 0.722 bits per heavy atom. The van der Waals surface area contributed by atoms with E-state index in [1.165, 1.54) is 0 Å². The van der Waals surface area contributed by atoms with Crippen molar-refractivity contribution in [3.05, 3.63) is 24.3 Å². The number of ether oxygens (including phenoxy) is 4. The molecule has 0 saturated heterocycles. The molecule has 102 valence electrons. The summed E-state index contributed by atoms with van der Waals surface area (Å²) >= 11 is 0. The molecule has 0 spiro atoms. The summed E-state index contributed by atoms with van der Waals surface area (Å²) in [6, 6.07) is 7.37. The summed E-state index contributed by atoms with van der Waals surface area (Å²) in [5.41, 5.74) is 0. The molecule has 1 aromatic rings. The van der Waals surface area contributed by atoms with Gasteiger partial charge < -0.3 is 18.9 Å². The van der Waals surface area contributed by atoms with Crippen LogP contribution >= 0.6 is 0 Å². The second kappa shape index (κ2) is 7.95. The largest absolute Gasteiger partial charge is 0.468 e. The lowest BCUT2D eigenvalue weighted by Crippen LogP contribution is -2.09. The Labute approximate surface area is 109 Å². The smallest absolute Gasteiger partial charge is 0.189 e. The highest BCUT2D eigenvalue weighted by Crippen LogP contribution is 2.17. The van der Waals surface area contributed by atoms with Crippen molar-refractivity contribution in [3.63, 3.8) is 0 Å². The van der Waals surface area contributed by atoms with Gasteiger partial charge in [-0.1, -0.05) is 0 Å². The lowest BCUT2D eigenvalue weighted by atomic mass is 10.3. The van der Waals surface area contributed by atoms with Crippen molar-refractivity contribution in [1.29, 1.82) is 0 Å². The first kappa shape index (κ1) is 14.8. The molecule has 4 heteroatoms. The van der Waals surface area contributed by atoms with Crippen LogP contribution in [0.15, 0.2) is 24.3 Å². The van der Waals surface area contributed by atoms with Crippen molar-refractivity contribution < 1.29 is 18.9 Å². The highest BCUT2D eigenvalue weighted by Gasteiger charge is 1.98. The molecule has 1 rings (SSSR count). The van der Waals surface area contributed by atoms with Crippen molar-refractivity contribution in [2.45, 2.75) is 39.9 Å². The van der Waals surface area contributed by atoms with E-state index in [9.17, 15) is 0 Å². The average molecular weight is 254 g/mol. The second-order valence-electron chi connectivity index (χ2n) is 4.43. The first-order valence-corrected chi connectivity index (χ1v) is 6.17. The van der Waals surface area contributed by atoms with Crippen molar-refractivity contribution in [2.24, 2.45) is 0 Å². The topological polar surface area (TPSA) is 36.9 Å². The van der Waals surface area contributed by atoms with Crippen molar-refractivity contribution in [1.82, 2.24) is 0 Å². The molecule has 0 saturated carbocycles. The molecule has 0 bridgehead atoms. The molecule has 4 nitrogen and oxygen atoms in total. The summed E-state index contributed by atoms with van der Waals surface area (Å²) in [6.45, 7) is 8.39. The van der Waals surface area contributed by atoms with Crippen LogP contribution in [-0.2, 0) is 9.47 Å². The first-order valence-electron chi connectivity index (χ1n) is 6.17. The lowest BCUT2D eigenvalue weighted by Gasteiger charge is -2.11.